The van der Waals surface area contributed by atoms with Crippen molar-refractivity contribution < 1.29 is 49.0 Å². The van der Waals surface area contributed by atoms with E-state index in [2.05, 4.69) is 102 Å². The molecule has 5 heteroatoms. The molecule has 0 spiro atoms. The van der Waals surface area contributed by atoms with Crippen LogP contribution in [0.25, 0.3) is 21.5 Å². The minimum absolute atomic E-state index is 0. The second-order valence-electron chi connectivity index (χ2n) is 11.9. The van der Waals surface area contributed by atoms with Gasteiger partial charge in [-0.05, 0) is 13.8 Å². The van der Waals surface area contributed by atoms with Crippen LogP contribution in [-0.4, -0.2) is 3.21 Å². The van der Waals surface area contributed by atoms with E-state index in [0.29, 0.717) is 11.3 Å². The molecule has 228 valence electrons. The van der Waals surface area contributed by atoms with Crippen molar-refractivity contribution in [2.75, 3.05) is 0 Å². The molecule has 5 aromatic rings. The minimum Gasteiger partial charge on any atom is -1.00 e. The van der Waals surface area contributed by atoms with Gasteiger partial charge in [-0.1, -0.05) is 80.8 Å². The third-order valence-electron chi connectivity index (χ3n) is 7.42. The molecule has 1 aliphatic rings. The summed E-state index contributed by atoms with van der Waals surface area (Å²) >= 11 is 13.1. The molecule has 0 heterocycles. The molecule has 0 aromatic heterocycles. The van der Waals surface area contributed by atoms with Gasteiger partial charge in [0.25, 0.3) is 0 Å². The Kier molecular flexibility index (Phi) is 15.0. The Morgan fingerprint density at radius 2 is 1.18 bits per heavy atom. The molecule has 0 bridgehead atoms. The van der Waals surface area contributed by atoms with E-state index in [1.807, 2.05) is 48.5 Å². The Morgan fingerprint density at radius 1 is 0.750 bits per heavy atom. The summed E-state index contributed by atoms with van der Waals surface area (Å²) in [4.78, 5) is 0. The fourth-order valence-electron chi connectivity index (χ4n) is 4.87. The molecule has 0 radical (unpaired) electrons. The summed E-state index contributed by atoms with van der Waals surface area (Å²) in [6.45, 7) is 13.2. The molecule has 0 amide bonds. The quantitative estimate of drug-likeness (QED) is 0.206. The van der Waals surface area contributed by atoms with Crippen LogP contribution in [0, 0.1) is 31.3 Å². The van der Waals surface area contributed by atoms with E-state index in [-0.39, 0.29) is 24.8 Å². The minimum atomic E-state index is 0. The van der Waals surface area contributed by atoms with Crippen LogP contribution >= 0.6 is 23.2 Å². The molecule has 1 aliphatic carbocycles. The van der Waals surface area contributed by atoms with Gasteiger partial charge in [-0.2, -0.15) is 11.6 Å². The zero-order valence-electron chi connectivity index (χ0n) is 26.1. The van der Waals surface area contributed by atoms with Crippen LogP contribution in [0.3, 0.4) is 0 Å². The smallest absolute Gasteiger partial charge is 1.00 e. The molecular weight excluding hydrogens is 701 g/mol. The second-order valence-corrected chi connectivity index (χ2v) is 14.0. The maximum atomic E-state index is 5.86. The van der Waals surface area contributed by atoms with E-state index >= 15 is 0 Å². The van der Waals surface area contributed by atoms with Crippen molar-refractivity contribution in [1.29, 1.82) is 0 Å². The van der Waals surface area contributed by atoms with E-state index in [4.69, 9.17) is 23.2 Å². The Bertz CT molecular complexity index is 1630. The molecule has 0 aliphatic heterocycles. The molecular formula is C39H38Cl4Zr-2. The first-order chi connectivity index (χ1) is 19.9. The fraction of sp³-hybridized carbons (Fsp3) is 0.231. The van der Waals surface area contributed by atoms with Crippen LogP contribution in [0.15, 0.2) is 109 Å². The maximum Gasteiger partial charge on any atom is -1.00 e. The topological polar surface area (TPSA) is 0 Å². The zero-order chi connectivity index (χ0) is 30.4. The van der Waals surface area contributed by atoms with Crippen molar-refractivity contribution in [3.8, 4) is 0 Å². The molecule has 0 N–H and O–H groups in total. The van der Waals surface area contributed by atoms with Crippen LogP contribution in [0.2, 0.25) is 10.0 Å². The molecule has 0 saturated heterocycles. The number of allylic oxidation sites excluding steroid dienone is 4. The maximum absolute atomic E-state index is 5.86. The van der Waals surface area contributed by atoms with Crippen molar-refractivity contribution in [2.24, 2.45) is 11.3 Å². The van der Waals surface area contributed by atoms with Gasteiger partial charge in [0, 0.05) is 0 Å². The normalized spacial score (nSPS) is 13.6. The first-order valence-corrected chi connectivity index (χ1v) is 16.4. The SMILES string of the molecule is CCC1[C-]=CC(C(C)(C)C)=C1.Cc1ccc2c(c1)[cH-]c1cc(C)ccc12.Clc1ccc([C](=[Zr+2])c2ccc(Cl)cc2)cc1.[Cl-].[Cl-]. The average Bonchev–Trinajstić information content (AvgIpc) is 3.58. The van der Waals surface area contributed by atoms with E-state index in [1.54, 1.807) is 0 Å². The third-order valence-corrected chi connectivity index (χ3v) is 9.34. The Hall–Kier alpha value is -1.86. The van der Waals surface area contributed by atoms with Gasteiger partial charge in [-0.25, -0.2) is 6.08 Å². The van der Waals surface area contributed by atoms with Gasteiger partial charge in [0.1, 0.15) is 0 Å². The number of halogens is 4. The summed E-state index contributed by atoms with van der Waals surface area (Å²) in [5.41, 5.74) is 6.82. The van der Waals surface area contributed by atoms with Gasteiger partial charge in [-0.15, -0.1) is 39.7 Å². The molecule has 44 heavy (non-hydrogen) atoms. The summed E-state index contributed by atoms with van der Waals surface area (Å²) in [6, 6.07) is 31.4. The van der Waals surface area contributed by atoms with Crippen LogP contribution in [0.1, 0.15) is 56.4 Å². The molecule has 0 fully saturated rings. The van der Waals surface area contributed by atoms with Gasteiger partial charge in [0.15, 0.2) is 0 Å². The van der Waals surface area contributed by atoms with Gasteiger partial charge in [0.05, 0.1) is 0 Å². The second kappa shape index (κ2) is 17.2. The third kappa shape index (κ3) is 10.3. The van der Waals surface area contributed by atoms with E-state index in [0.717, 1.165) is 10.0 Å². The van der Waals surface area contributed by atoms with Gasteiger partial charge in [-0.3, -0.25) is 6.08 Å². The summed E-state index contributed by atoms with van der Waals surface area (Å²) in [5, 5.41) is 6.99. The molecule has 0 saturated carbocycles. The predicted octanol–water partition coefficient (Wildman–Crippen LogP) is 5.80. The molecule has 0 nitrogen and oxygen atoms in total. The summed E-state index contributed by atoms with van der Waals surface area (Å²) in [6.07, 6.45) is 9.00. The summed E-state index contributed by atoms with van der Waals surface area (Å²) in [7, 11) is 0. The first-order valence-electron chi connectivity index (χ1n) is 14.4. The Labute approximate surface area is 301 Å². The molecule has 1 unspecified atom stereocenters. The van der Waals surface area contributed by atoms with Crippen molar-refractivity contribution in [1.82, 2.24) is 0 Å². The number of fused-ring (bicyclic) bond motifs is 3. The predicted molar refractivity (Wildman–Crippen MR) is 182 cm³/mol. The van der Waals surface area contributed by atoms with Gasteiger partial charge in [0.2, 0.25) is 0 Å². The van der Waals surface area contributed by atoms with Crippen LogP contribution in [-0.2, 0) is 24.2 Å². The number of benzene rings is 4. The largest absolute Gasteiger partial charge is 1.00 e. The van der Waals surface area contributed by atoms with Crippen molar-refractivity contribution >= 4 is 48.0 Å². The van der Waals surface area contributed by atoms with Crippen molar-refractivity contribution in [3.05, 3.63) is 147 Å². The monoisotopic (exact) mass is 736 g/mol. The van der Waals surface area contributed by atoms with E-state index < -0.39 is 0 Å². The number of hydrogen-bond acceptors (Lipinski definition) is 0. The zero-order valence-corrected chi connectivity index (χ0v) is 31.6. The van der Waals surface area contributed by atoms with Crippen LogP contribution in [0.4, 0.5) is 0 Å². The molecule has 5 aromatic carbocycles. The Balaban J connectivity index is 0.000000229. The van der Waals surface area contributed by atoms with E-state index in [1.165, 1.54) is 83.2 Å². The number of rotatable bonds is 3. The summed E-state index contributed by atoms with van der Waals surface area (Å²) < 4.78 is 1.31. The fourth-order valence-corrected chi connectivity index (χ4v) is 5.94. The number of aryl methyl sites for hydroxylation is 2. The van der Waals surface area contributed by atoms with Crippen molar-refractivity contribution in [3.63, 3.8) is 0 Å². The Morgan fingerprint density at radius 3 is 1.52 bits per heavy atom. The van der Waals surface area contributed by atoms with E-state index in [9.17, 15) is 0 Å². The van der Waals surface area contributed by atoms with Crippen LogP contribution in [0.5, 0.6) is 0 Å². The number of hydrogen-bond donors (Lipinski definition) is 0. The average molecular weight is 740 g/mol. The first kappa shape index (κ1) is 38.3. The van der Waals surface area contributed by atoms with Crippen molar-refractivity contribution in [2.45, 2.75) is 48.0 Å². The van der Waals surface area contributed by atoms with Gasteiger partial charge >= 0.3 is 120 Å². The van der Waals surface area contributed by atoms with Gasteiger partial charge < -0.3 is 24.8 Å². The molecule has 6 rings (SSSR count). The summed E-state index contributed by atoms with van der Waals surface area (Å²) in [5.74, 6) is 0.573. The standard InChI is InChI=1S/C15H13.C13H8Cl2.C11H17.2ClH.Zr/c1-10-3-5-14-12(7-10)9-13-8-11(2)4-6-15(13)14;14-12-5-1-10(2-6-12)9-11-3-7-13(15)8-4-11;1-5-9-6-7-10(8-9)11(2,3)4;;;/h3-9H,1-2H3;1-8H;7-9H,5H2,1-4H3;2*1H;/q-1;;-1;;;+2/p-2. The molecule has 1 atom stereocenters. The van der Waals surface area contributed by atoms with Crippen LogP contribution < -0.4 is 24.8 Å².